The predicted octanol–water partition coefficient (Wildman–Crippen LogP) is 2.56. The van der Waals surface area contributed by atoms with Crippen molar-refractivity contribution in [1.82, 2.24) is 5.48 Å². The number of benzene rings is 1. The maximum atomic E-state index is 9.38. The monoisotopic (exact) mass is 221 g/mol. The molecule has 1 unspecified atom stereocenters. The second-order valence-corrected chi connectivity index (χ2v) is 4.80. The van der Waals surface area contributed by atoms with Crippen LogP contribution in [0.4, 0.5) is 0 Å². The maximum Gasteiger partial charge on any atom is 0.115 e. The molecule has 2 rings (SSSR count). The summed E-state index contributed by atoms with van der Waals surface area (Å²) in [6.07, 6.45) is 2.04. The van der Waals surface area contributed by atoms with Crippen molar-refractivity contribution in [2.75, 3.05) is 6.61 Å². The number of aromatic hydroxyl groups is 1. The van der Waals surface area contributed by atoms with Crippen LogP contribution in [0.15, 0.2) is 18.2 Å². The van der Waals surface area contributed by atoms with Gasteiger partial charge in [0.2, 0.25) is 0 Å². The summed E-state index contributed by atoms with van der Waals surface area (Å²) in [5.74, 6) is 0.885. The molecular weight excluding hydrogens is 202 g/mol. The Morgan fingerprint density at radius 3 is 3.06 bits per heavy atom. The minimum Gasteiger partial charge on any atom is -0.508 e. The molecule has 0 aliphatic heterocycles. The fraction of sp³-hybridized carbons (Fsp3) is 0.538. The summed E-state index contributed by atoms with van der Waals surface area (Å²) >= 11 is 0. The first-order chi connectivity index (χ1) is 7.66. The molecule has 0 radical (unpaired) electrons. The van der Waals surface area contributed by atoms with Gasteiger partial charge in [-0.15, -0.1) is 0 Å². The number of hydroxylamine groups is 1. The van der Waals surface area contributed by atoms with Crippen LogP contribution in [-0.2, 0) is 11.3 Å². The lowest BCUT2D eigenvalue weighted by Crippen LogP contribution is -2.22. The smallest absolute Gasteiger partial charge is 0.115 e. The largest absolute Gasteiger partial charge is 0.508 e. The molecule has 16 heavy (non-hydrogen) atoms. The summed E-state index contributed by atoms with van der Waals surface area (Å²) in [5.41, 5.74) is 5.59. The van der Waals surface area contributed by atoms with Gasteiger partial charge < -0.3 is 9.94 Å². The third kappa shape index (κ3) is 2.54. The zero-order valence-corrected chi connectivity index (χ0v) is 9.86. The molecule has 88 valence electrons. The number of hydrogen-bond donors (Lipinski definition) is 2. The minimum absolute atomic E-state index is 0.273. The van der Waals surface area contributed by atoms with Crippen molar-refractivity contribution in [3.05, 3.63) is 29.3 Å². The highest BCUT2D eigenvalue weighted by atomic mass is 16.6. The Morgan fingerprint density at radius 1 is 1.50 bits per heavy atom. The third-order valence-electron chi connectivity index (χ3n) is 2.85. The van der Waals surface area contributed by atoms with Gasteiger partial charge in [0.15, 0.2) is 0 Å². The Morgan fingerprint density at radius 2 is 2.31 bits per heavy atom. The fourth-order valence-corrected chi connectivity index (χ4v) is 2.04. The lowest BCUT2D eigenvalue weighted by Gasteiger charge is -2.15. The van der Waals surface area contributed by atoms with Gasteiger partial charge in [0.25, 0.3) is 0 Å². The van der Waals surface area contributed by atoms with E-state index in [1.54, 1.807) is 6.07 Å². The normalized spacial score (nSPS) is 19.1. The number of aryl methyl sites for hydroxylation is 1. The van der Waals surface area contributed by atoms with E-state index in [4.69, 9.17) is 4.84 Å². The molecule has 0 bridgehead atoms. The van der Waals surface area contributed by atoms with Crippen molar-refractivity contribution in [3.63, 3.8) is 0 Å². The van der Waals surface area contributed by atoms with Crippen LogP contribution in [0.5, 0.6) is 5.75 Å². The van der Waals surface area contributed by atoms with Gasteiger partial charge in [-0.05, 0) is 42.0 Å². The number of phenols is 1. The van der Waals surface area contributed by atoms with E-state index in [1.165, 1.54) is 11.1 Å². The van der Waals surface area contributed by atoms with Crippen molar-refractivity contribution in [2.45, 2.75) is 32.7 Å². The average molecular weight is 221 g/mol. The number of hydrogen-bond acceptors (Lipinski definition) is 3. The van der Waals surface area contributed by atoms with Crippen molar-refractivity contribution in [1.29, 1.82) is 0 Å². The number of rotatable bonds is 4. The molecule has 0 saturated heterocycles. The van der Waals surface area contributed by atoms with Crippen LogP contribution >= 0.6 is 0 Å². The topological polar surface area (TPSA) is 41.5 Å². The minimum atomic E-state index is 0.273. The highest BCUT2D eigenvalue weighted by Gasteiger charge is 2.22. The molecule has 1 aromatic rings. The standard InChI is InChI=1S/C13H19NO2/c1-9(2)8-16-14-13-6-3-10-7-11(15)4-5-12(10)13/h4-5,7,9,13-15H,3,6,8H2,1-2H3. The van der Waals surface area contributed by atoms with Gasteiger partial charge in [-0.1, -0.05) is 19.9 Å². The van der Waals surface area contributed by atoms with Crippen molar-refractivity contribution >= 4 is 0 Å². The maximum absolute atomic E-state index is 9.38. The van der Waals surface area contributed by atoms with Crippen LogP contribution in [-0.4, -0.2) is 11.7 Å². The van der Waals surface area contributed by atoms with Gasteiger partial charge in [0.05, 0.1) is 12.6 Å². The quantitative estimate of drug-likeness (QED) is 0.768. The van der Waals surface area contributed by atoms with Crippen LogP contribution in [0.2, 0.25) is 0 Å². The van der Waals surface area contributed by atoms with E-state index in [0.717, 1.165) is 19.4 Å². The van der Waals surface area contributed by atoms with E-state index in [0.29, 0.717) is 11.7 Å². The Kier molecular flexibility index (Phi) is 3.46. The molecule has 0 aromatic heterocycles. The number of fused-ring (bicyclic) bond motifs is 1. The highest BCUT2D eigenvalue weighted by molar-refractivity contribution is 5.39. The van der Waals surface area contributed by atoms with Gasteiger partial charge in [0.1, 0.15) is 5.75 Å². The third-order valence-corrected chi connectivity index (χ3v) is 2.85. The first-order valence-electron chi connectivity index (χ1n) is 5.86. The summed E-state index contributed by atoms with van der Waals surface area (Å²) in [6, 6.07) is 5.84. The first-order valence-corrected chi connectivity index (χ1v) is 5.86. The van der Waals surface area contributed by atoms with E-state index in [2.05, 4.69) is 19.3 Å². The Labute approximate surface area is 96.4 Å². The summed E-state index contributed by atoms with van der Waals surface area (Å²) in [7, 11) is 0. The van der Waals surface area contributed by atoms with Crippen LogP contribution in [0.1, 0.15) is 37.4 Å². The van der Waals surface area contributed by atoms with E-state index in [1.807, 2.05) is 12.1 Å². The lowest BCUT2D eigenvalue weighted by atomic mass is 10.1. The van der Waals surface area contributed by atoms with E-state index in [-0.39, 0.29) is 6.04 Å². The van der Waals surface area contributed by atoms with E-state index in [9.17, 15) is 5.11 Å². The molecule has 0 amide bonds. The van der Waals surface area contributed by atoms with Crippen LogP contribution in [0, 0.1) is 5.92 Å². The van der Waals surface area contributed by atoms with Gasteiger partial charge in [0, 0.05) is 0 Å². The zero-order valence-electron chi connectivity index (χ0n) is 9.86. The van der Waals surface area contributed by atoms with Gasteiger partial charge in [-0.25, -0.2) is 0 Å². The number of phenolic OH excluding ortho intramolecular Hbond substituents is 1. The van der Waals surface area contributed by atoms with Crippen molar-refractivity contribution in [2.24, 2.45) is 5.92 Å². The van der Waals surface area contributed by atoms with E-state index >= 15 is 0 Å². The molecule has 0 heterocycles. The van der Waals surface area contributed by atoms with Crippen LogP contribution < -0.4 is 5.48 Å². The lowest BCUT2D eigenvalue weighted by molar-refractivity contribution is 0.000634. The summed E-state index contributed by atoms with van der Waals surface area (Å²) in [6.45, 7) is 4.98. The Balaban J connectivity index is 1.95. The highest BCUT2D eigenvalue weighted by Crippen LogP contribution is 2.33. The molecule has 1 aliphatic rings. The van der Waals surface area contributed by atoms with E-state index < -0.39 is 0 Å². The van der Waals surface area contributed by atoms with Crippen molar-refractivity contribution < 1.29 is 9.94 Å². The predicted molar refractivity (Wildman–Crippen MR) is 63.1 cm³/mol. The molecular formula is C13H19NO2. The second-order valence-electron chi connectivity index (χ2n) is 4.80. The second kappa shape index (κ2) is 4.85. The van der Waals surface area contributed by atoms with Crippen LogP contribution in [0.25, 0.3) is 0 Å². The van der Waals surface area contributed by atoms with Gasteiger partial charge >= 0.3 is 0 Å². The zero-order chi connectivity index (χ0) is 11.5. The molecule has 0 saturated carbocycles. The summed E-state index contributed by atoms with van der Waals surface area (Å²) < 4.78 is 0. The van der Waals surface area contributed by atoms with Gasteiger partial charge in [-0.3, -0.25) is 0 Å². The van der Waals surface area contributed by atoms with Crippen LogP contribution in [0.3, 0.4) is 0 Å². The molecule has 1 aliphatic carbocycles. The molecule has 0 spiro atoms. The molecule has 3 nitrogen and oxygen atoms in total. The molecule has 3 heteroatoms. The Bertz CT molecular complexity index is 363. The SMILES string of the molecule is CC(C)CONC1CCc2cc(O)ccc21. The Hall–Kier alpha value is -1.06. The number of nitrogens with one attached hydrogen (secondary N) is 1. The van der Waals surface area contributed by atoms with Crippen molar-refractivity contribution in [3.8, 4) is 5.75 Å². The molecule has 2 N–H and O–H groups in total. The molecule has 1 atom stereocenters. The fourth-order valence-electron chi connectivity index (χ4n) is 2.04. The molecule has 1 aromatic carbocycles. The van der Waals surface area contributed by atoms with Gasteiger partial charge in [-0.2, -0.15) is 5.48 Å². The average Bonchev–Trinajstić information content (AvgIpc) is 2.60. The summed E-state index contributed by atoms with van der Waals surface area (Å²) in [5, 5.41) is 9.38. The summed E-state index contributed by atoms with van der Waals surface area (Å²) in [4.78, 5) is 5.45. The first kappa shape index (κ1) is 11.4. The molecule has 0 fully saturated rings.